The number of ether oxygens (including phenoxy) is 1. The van der Waals surface area contributed by atoms with Crippen LogP contribution in [0.15, 0.2) is 18.2 Å². The van der Waals surface area contributed by atoms with Gasteiger partial charge in [-0.1, -0.05) is 26.0 Å². The third-order valence-electron chi connectivity index (χ3n) is 3.03. The molecule has 1 rings (SSSR count). The predicted molar refractivity (Wildman–Crippen MR) is 80.1 cm³/mol. The van der Waals surface area contributed by atoms with E-state index in [4.69, 9.17) is 9.84 Å². The van der Waals surface area contributed by atoms with Crippen LogP contribution in [-0.2, 0) is 4.79 Å². The second-order valence-corrected chi connectivity index (χ2v) is 5.47. The van der Waals surface area contributed by atoms with Gasteiger partial charge in [-0.15, -0.1) is 0 Å². The lowest BCUT2D eigenvalue weighted by Crippen LogP contribution is -2.31. The van der Waals surface area contributed by atoms with Crippen LogP contribution in [0.4, 0.5) is 0 Å². The largest absolute Gasteiger partial charge is 0.483 e. The number of aliphatic hydroxyl groups excluding tert-OH is 1. The Labute approximate surface area is 121 Å². The fourth-order valence-corrected chi connectivity index (χ4v) is 1.86. The molecule has 0 aliphatic rings. The highest BCUT2D eigenvalue weighted by Crippen LogP contribution is 2.27. The number of hydrogen-bond acceptors (Lipinski definition) is 3. The Morgan fingerprint density at radius 3 is 2.65 bits per heavy atom. The van der Waals surface area contributed by atoms with Crippen molar-refractivity contribution in [2.24, 2.45) is 0 Å². The molecule has 0 spiro atoms. The van der Waals surface area contributed by atoms with Crippen molar-refractivity contribution in [2.75, 3.05) is 13.2 Å². The summed E-state index contributed by atoms with van der Waals surface area (Å²) in [6.07, 6.45) is 0.147. The molecule has 0 aliphatic heterocycles. The maximum absolute atomic E-state index is 11.6. The summed E-state index contributed by atoms with van der Waals surface area (Å²) >= 11 is 0. The number of hydrogen-bond donors (Lipinski definition) is 2. The van der Waals surface area contributed by atoms with E-state index in [2.05, 4.69) is 19.2 Å². The highest BCUT2D eigenvalue weighted by atomic mass is 16.5. The average molecular weight is 279 g/mol. The predicted octanol–water partition coefficient (Wildman–Crippen LogP) is 2.38. The van der Waals surface area contributed by atoms with Crippen molar-refractivity contribution in [2.45, 2.75) is 46.1 Å². The molecular formula is C16H25NO3. The van der Waals surface area contributed by atoms with Gasteiger partial charge in [0.05, 0.1) is 6.10 Å². The smallest absolute Gasteiger partial charge is 0.257 e. The topological polar surface area (TPSA) is 58.6 Å². The molecule has 20 heavy (non-hydrogen) atoms. The molecule has 0 aromatic heterocycles. The number of aryl methyl sites for hydroxylation is 1. The number of benzene rings is 1. The summed E-state index contributed by atoms with van der Waals surface area (Å²) in [7, 11) is 0. The Balaban J connectivity index is 2.52. The molecule has 1 unspecified atom stereocenters. The minimum absolute atomic E-state index is 0.00296. The van der Waals surface area contributed by atoms with Crippen LogP contribution in [0.5, 0.6) is 5.75 Å². The molecule has 0 saturated carbocycles. The number of amides is 1. The second kappa shape index (κ2) is 7.90. The van der Waals surface area contributed by atoms with E-state index in [0.717, 1.165) is 16.9 Å². The molecule has 0 heterocycles. The van der Waals surface area contributed by atoms with Crippen molar-refractivity contribution in [1.29, 1.82) is 0 Å². The van der Waals surface area contributed by atoms with Crippen LogP contribution < -0.4 is 10.1 Å². The molecule has 1 aromatic carbocycles. The first-order valence-corrected chi connectivity index (χ1v) is 7.08. The van der Waals surface area contributed by atoms with Crippen molar-refractivity contribution in [3.05, 3.63) is 29.3 Å². The van der Waals surface area contributed by atoms with Crippen LogP contribution in [0.3, 0.4) is 0 Å². The van der Waals surface area contributed by atoms with Crippen LogP contribution in [-0.4, -0.2) is 30.3 Å². The van der Waals surface area contributed by atoms with Crippen LogP contribution in [0, 0.1) is 6.92 Å². The first-order chi connectivity index (χ1) is 9.40. The Hall–Kier alpha value is -1.55. The fourth-order valence-electron chi connectivity index (χ4n) is 1.86. The van der Waals surface area contributed by atoms with Gasteiger partial charge in [0, 0.05) is 6.54 Å². The molecule has 0 bridgehead atoms. The number of rotatable bonds is 7. The molecule has 4 heteroatoms. The Bertz CT molecular complexity index is 441. The number of nitrogens with one attached hydrogen (secondary N) is 1. The van der Waals surface area contributed by atoms with E-state index in [-0.39, 0.29) is 12.5 Å². The number of aliphatic hydroxyl groups is 1. The first-order valence-electron chi connectivity index (χ1n) is 7.08. The van der Waals surface area contributed by atoms with Gasteiger partial charge in [0.1, 0.15) is 5.75 Å². The zero-order chi connectivity index (χ0) is 15.1. The number of carbonyl (C=O) groups is 1. The summed E-state index contributed by atoms with van der Waals surface area (Å²) in [5.41, 5.74) is 2.21. The Morgan fingerprint density at radius 1 is 1.35 bits per heavy atom. The van der Waals surface area contributed by atoms with Gasteiger partial charge in [0.15, 0.2) is 6.61 Å². The lowest BCUT2D eigenvalue weighted by molar-refractivity contribution is -0.123. The quantitative estimate of drug-likeness (QED) is 0.805. The maximum Gasteiger partial charge on any atom is 0.257 e. The van der Waals surface area contributed by atoms with E-state index < -0.39 is 6.10 Å². The second-order valence-electron chi connectivity index (χ2n) is 5.47. The average Bonchev–Trinajstić information content (AvgIpc) is 2.35. The third kappa shape index (κ3) is 5.61. The molecule has 112 valence electrons. The van der Waals surface area contributed by atoms with Crippen molar-refractivity contribution in [3.63, 3.8) is 0 Å². The van der Waals surface area contributed by atoms with Gasteiger partial charge in [0.2, 0.25) is 0 Å². The molecule has 0 aliphatic carbocycles. The first kappa shape index (κ1) is 16.5. The van der Waals surface area contributed by atoms with Crippen molar-refractivity contribution < 1.29 is 14.6 Å². The summed E-state index contributed by atoms with van der Waals surface area (Å²) in [5.74, 6) is 0.955. The van der Waals surface area contributed by atoms with Gasteiger partial charge in [-0.05, 0) is 43.4 Å². The molecule has 1 aromatic rings. The van der Waals surface area contributed by atoms with Crippen LogP contribution in [0.25, 0.3) is 0 Å². The van der Waals surface area contributed by atoms with E-state index >= 15 is 0 Å². The molecule has 4 nitrogen and oxygen atoms in total. The lowest BCUT2D eigenvalue weighted by Gasteiger charge is -2.15. The molecular weight excluding hydrogens is 254 g/mol. The third-order valence-corrected chi connectivity index (χ3v) is 3.03. The van der Waals surface area contributed by atoms with Crippen molar-refractivity contribution in [1.82, 2.24) is 5.32 Å². The number of carbonyl (C=O) groups excluding carboxylic acids is 1. The summed E-state index contributed by atoms with van der Waals surface area (Å²) in [6.45, 7) is 8.36. The van der Waals surface area contributed by atoms with Gasteiger partial charge >= 0.3 is 0 Å². The SMILES string of the molecule is Cc1ccc(C(C)C)c(OCC(=O)NCCC(C)O)c1. The standard InChI is InChI=1S/C16H25NO3/c1-11(2)14-6-5-12(3)9-15(14)20-10-16(19)17-8-7-13(4)18/h5-6,9,11,13,18H,7-8,10H2,1-4H3,(H,17,19). The van der Waals surface area contributed by atoms with E-state index in [1.54, 1.807) is 6.92 Å². The minimum Gasteiger partial charge on any atom is -0.483 e. The molecule has 0 radical (unpaired) electrons. The zero-order valence-electron chi connectivity index (χ0n) is 12.8. The van der Waals surface area contributed by atoms with Gasteiger partial charge in [-0.25, -0.2) is 0 Å². The van der Waals surface area contributed by atoms with Crippen molar-refractivity contribution >= 4 is 5.91 Å². The maximum atomic E-state index is 11.6. The van der Waals surface area contributed by atoms with Gasteiger partial charge in [-0.3, -0.25) is 4.79 Å². The monoisotopic (exact) mass is 279 g/mol. The summed E-state index contributed by atoms with van der Waals surface area (Å²) in [6, 6.07) is 6.05. The minimum atomic E-state index is -0.402. The fraction of sp³-hybridized carbons (Fsp3) is 0.562. The molecule has 2 N–H and O–H groups in total. The van der Waals surface area contributed by atoms with Crippen LogP contribution in [0.2, 0.25) is 0 Å². The van der Waals surface area contributed by atoms with Gasteiger partial charge in [-0.2, -0.15) is 0 Å². The summed E-state index contributed by atoms with van der Waals surface area (Å²) < 4.78 is 5.62. The van der Waals surface area contributed by atoms with Gasteiger partial charge in [0.25, 0.3) is 5.91 Å². The molecule has 1 atom stereocenters. The van der Waals surface area contributed by atoms with E-state index in [1.165, 1.54) is 0 Å². The molecule has 0 saturated heterocycles. The highest BCUT2D eigenvalue weighted by Gasteiger charge is 2.10. The van der Waals surface area contributed by atoms with E-state index in [0.29, 0.717) is 18.9 Å². The van der Waals surface area contributed by atoms with Crippen LogP contribution in [0.1, 0.15) is 44.2 Å². The summed E-state index contributed by atoms with van der Waals surface area (Å²) in [4.78, 5) is 11.6. The van der Waals surface area contributed by atoms with Crippen LogP contribution >= 0.6 is 0 Å². The van der Waals surface area contributed by atoms with Gasteiger partial charge < -0.3 is 15.2 Å². The molecule has 0 fully saturated rings. The summed E-state index contributed by atoms with van der Waals surface area (Å²) in [5, 5.41) is 11.8. The normalized spacial score (nSPS) is 12.3. The van der Waals surface area contributed by atoms with Crippen molar-refractivity contribution in [3.8, 4) is 5.75 Å². The van der Waals surface area contributed by atoms with E-state index in [9.17, 15) is 4.79 Å². The Morgan fingerprint density at radius 2 is 2.05 bits per heavy atom. The lowest BCUT2D eigenvalue weighted by atomic mass is 10.0. The van der Waals surface area contributed by atoms with E-state index in [1.807, 2.05) is 25.1 Å². The Kier molecular flexibility index (Phi) is 6.52. The zero-order valence-corrected chi connectivity index (χ0v) is 12.8. The highest BCUT2D eigenvalue weighted by molar-refractivity contribution is 5.77. The molecule has 1 amide bonds.